The highest BCUT2D eigenvalue weighted by Crippen LogP contribution is 2.29. The van der Waals surface area contributed by atoms with E-state index in [1.807, 2.05) is 12.3 Å². The first-order valence-corrected chi connectivity index (χ1v) is 5.82. The summed E-state index contributed by atoms with van der Waals surface area (Å²) >= 11 is 5.79. The molecule has 3 rings (SSSR count). The number of hydrogen-bond donors (Lipinski definition) is 1. The van der Waals surface area contributed by atoms with Gasteiger partial charge in [-0.2, -0.15) is 0 Å². The van der Waals surface area contributed by atoms with E-state index in [1.165, 1.54) is 18.5 Å². The lowest BCUT2D eigenvalue weighted by atomic mass is 10.1. The molecule has 1 N–H and O–H groups in total. The van der Waals surface area contributed by atoms with E-state index in [9.17, 15) is 0 Å². The van der Waals surface area contributed by atoms with Crippen LogP contribution in [-0.4, -0.2) is 30.2 Å². The molecule has 2 aliphatic heterocycles. The molecular formula is C11H14ClN3. The second-order valence-corrected chi connectivity index (χ2v) is 4.71. The van der Waals surface area contributed by atoms with Gasteiger partial charge < -0.3 is 10.2 Å². The van der Waals surface area contributed by atoms with Gasteiger partial charge in [-0.05, 0) is 31.5 Å². The zero-order chi connectivity index (χ0) is 10.3. The highest BCUT2D eigenvalue weighted by molar-refractivity contribution is 6.29. The van der Waals surface area contributed by atoms with Crippen LogP contribution in [0.15, 0.2) is 18.3 Å². The van der Waals surface area contributed by atoms with Gasteiger partial charge in [-0.15, -0.1) is 0 Å². The smallest absolute Gasteiger partial charge is 0.129 e. The van der Waals surface area contributed by atoms with Crippen molar-refractivity contribution >= 4 is 17.3 Å². The largest absolute Gasteiger partial charge is 0.366 e. The van der Waals surface area contributed by atoms with Crippen LogP contribution in [-0.2, 0) is 0 Å². The first-order chi connectivity index (χ1) is 7.33. The van der Waals surface area contributed by atoms with E-state index in [1.54, 1.807) is 0 Å². The number of halogens is 1. The van der Waals surface area contributed by atoms with E-state index in [2.05, 4.69) is 21.3 Å². The average Bonchev–Trinajstić information content (AvgIpc) is 2.55. The quantitative estimate of drug-likeness (QED) is 0.735. The van der Waals surface area contributed by atoms with Gasteiger partial charge in [0.05, 0.1) is 11.9 Å². The molecule has 80 valence electrons. The molecule has 15 heavy (non-hydrogen) atoms. The number of nitrogens with one attached hydrogen (secondary N) is 1. The minimum atomic E-state index is 0.569. The normalized spacial score (nSPS) is 29.5. The minimum Gasteiger partial charge on any atom is -0.366 e. The van der Waals surface area contributed by atoms with E-state index >= 15 is 0 Å². The monoisotopic (exact) mass is 223 g/mol. The highest BCUT2D eigenvalue weighted by Gasteiger charge is 2.34. The third kappa shape index (κ3) is 1.70. The molecule has 4 heteroatoms. The lowest BCUT2D eigenvalue weighted by Gasteiger charge is -2.26. The summed E-state index contributed by atoms with van der Waals surface area (Å²) in [5.41, 5.74) is 1.20. The Morgan fingerprint density at radius 1 is 1.47 bits per heavy atom. The third-order valence-corrected chi connectivity index (χ3v) is 3.59. The first kappa shape index (κ1) is 9.43. The van der Waals surface area contributed by atoms with Crippen LogP contribution in [0.4, 0.5) is 5.69 Å². The topological polar surface area (TPSA) is 28.2 Å². The van der Waals surface area contributed by atoms with Crippen LogP contribution in [0.2, 0.25) is 5.15 Å². The van der Waals surface area contributed by atoms with Gasteiger partial charge in [-0.25, -0.2) is 4.98 Å². The molecule has 2 aliphatic rings. The summed E-state index contributed by atoms with van der Waals surface area (Å²) in [6, 6.07) is 5.29. The molecule has 0 aromatic carbocycles. The van der Waals surface area contributed by atoms with Crippen LogP contribution in [0, 0.1) is 0 Å². The standard InChI is InChI=1S/C11H14ClN3/c12-11-2-1-10(6-14-11)15-7-8-5-9(15)3-4-13-8/h1-2,6,8-9,13H,3-5,7H2/t8-,9+/m0/s1. The lowest BCUT2D eigenvalue weighted by molar-refractivity contribution is 0.449. The van der Waals surface area contributed by atoms with Crippen molar-refractivity contribution in [3.05, 3.63) is 23.5 Å². The average molecular weight is 224 g/mol. The van der Waals surface area contributed by atoms with E-state index in [0.29, 0.717) is 17.2 Å². The Bertz CT molecular complexity index is 351. The second kappa shape index (κ2) is 3.65. The van der Waals surface area contributed by atoms with Gasteiger partial charge in [0.15, 0.2) is 0 Å². The number of nitrogens with zero attached hydrogens (tertiary/aromatic N) is 2. The molecular weight excluding hydrogens is 210 g/mol. The van der Waals surface area contributed by atoms with Gasteiger partial charge in [0.1, 0.15) is 5.15 Å². The van der Waals surface area contributed by atoms with E-state index < -0.39 is 0 Å². The summed E-state index contributed by atoms with van der Waals surface area (Å²) in [7, 11) is 0. The Labute approximate surface area is 94.4 Å². The van der Waals surface area contributed by atoms with Gasteiger partial charge in [0, 0.05) is 18.6 Å². The van der Waals surface area contributed by atoms with Gasteiger partial charge >= 0.3 is 0 Å². The number of fused-ring (bicyclic) bond motifs is 2. The fourth-order valence-electron chi connectivity index (χ4n) is 2.65. The van der Waals surface area contributed by atoms with Gasteiger partial charge in [-0.3, -0.25) is 0 Å². The predicted molar refractivity (Wildman–Crippen MR) is 61.4 cm³/mol. The Kier molecular flexibility index (Phi) is 2.29. The summed E-state index contributed by atoms with van der Waals surface area (Å²) in [4.78, 5) is 6.59. The molecule has 3 nitrogen and oxygen atoms in total. The number of rotatable bonds is 1. The molecule has 1 aromatic heterocycles. The maximum Gasteiger partial charge on any atom is 0.129 e. The Morgan fingerprint density at radius 2 is 2.40 bits per heavy atom. The van der Waals surface area contributed by atoms with Crippen molar-refractivity contribution in [2.45, 2.75) is 24.9 Å². The van der Waals surface area contributed by atoms with Crippen molar-refractivity contribution in [2.24, 2.45) is 0 Å². The Morgan fingerprint density at radius 3 is 3.13 bits per heavy atom. The van der Waals surface area contributed by atoms with Crippen molar-refractivity contribution in [1.82, 2.24) is 10.3 Å². The summed E-state index contributed by atoms with van der Waals surface area (Å²) in [6.45, 7) is 2.25. The van der Waals surface area contributed by atoms with Crippen LogP contribution in [0.3, 0.4) is 0 Å². The van der Waals surface area contributed by atoms with Crippen molar-refractivity contribution in [1.29, 1.82) is 0 Å². The molecule has 0 amide bonds. The van der Waals surface area contributed by atoms with E-state index in [4.69, 9.17) is 11.6 Å². The molecule has 0 unspecified atom stereocenters. The summed E-state index contributed by atoms with van der Waals surface area (Å²) in [5, 5.41) is 4.10. The van der Waals surface area contributed by atoms with Gasteiger partial charge in [0.2, 0.25) is 0 Å². The van der Waals surface area contributed by atoms with Crippen LogP contribution in [0.25, 0.3) is 0 Å². The van der Waals surface area contributed by atoms with Crippen LogP contribution in [0.5, 0.6) is 0 Å². The first-order valence-electron chi connectivity index (χ1n) is 5.44. The molecule has 0 spiro atoms. The molecule has 1 aromatic rings. The predicted octanol–water partition coefficient (Wildman–Crippen LogP) is 1.68. The molecule has 2 fully saturated rings. The SMILES string of the molecule is Clc1ccc(N2C[C@@H]3C[C@H]2CCN3)cn1. The van der Waals surface area contributed by atoms with Crippen LogP contribution >= 0.6 is 11.6 Å². The Balaban J connectivity index is 1.85. The van der Waals surface area contributed by atoms with E-state index in [-0.39, 0.29) is 0 Å². The third-order valence-electron chi connectivity index (χ3n) is 3.37. The molecule has 2 atom stereocenters. The van der Waals surface area contributed by atoms with Crippen molar-refractivity contribution in [2.75, 3.05) is 18.0 Å². The highest BCUT2D eigenvalue weighted by atomic mass is 35.5. The Hall–Kier alpha value is -0.800. The number of piperidine rings is 1. The van der Waals surface area contributed by atoms with Gasteiger partial charge in [-0.1, -0.05) is 11.6 Å². The number of anilines is 1. The maximum atomic E-state index is 5.79. The fourth-order valence-corrected chi connectivity index (χ4v) is 2.76. The second-order valence-electron chi connectivity index (χ2n) is 4.32. The van der Waals surface area contributed by atoms with Gasteiger partial charge in [0.25, 0.3) is 0 Å². The molecule has 2 bridgehead atoms. The summed E-state index contributed by atoms with van der Waals surface area (Å²) < 4.78 is 0. The van der Waals surface area contributed by atoms with E-state index in [0.717, 1.165) is 13.1 Å². The van der Waals surface area contributed by atoms with Crippen molar-refractivity contribution in [3.8, 4) is 0 Å². The maximum absolute atomic E-state index is 5.79. The molecule has 0 radical (unpaired) electrons. The summed E-state index contributed by atoms with van der Waals surface area (Å²) in [6.07, 6.45) is 4.38. The zero-order valence-corrected chi connectivity index (χ0v) is 9.24. The fraction of sp³-hybridized carbons (Fsp3) is 0.545. The minimum absolute atomic E-state index is 0.569. The van der Waals surface area contributed by atoms with Crippen LogP contribution in [0.1, 0.15) is 12.8 Å². The lowest BCUT2D eigenvalue weighted by Crippen LogP contribution is -2.35. The van der Waals surface area contributed by atoms with Crippen molar-refractivity contribution < 1.29 is 0 Å². The number of hydrogen-bond acceptors (Lipinski definition) is 3. The molecule has 3 heterocycles. The molecule has 0 saturated carbocycles. The van der Waals surface area contributed by atoms with Crippen LogP contribution < -0.4 is 10.2 Å². The summed E-state index contributed by atoms with van der Waals surface area (Å²) in [5.74, 6) is 0. The molecule has 0 aliphatic carbocycles. The number of pyridine rings is 1. The molecule has 2 saturated heterocycles. The zero-order valence-electron chi connectivity index (χ0n) is 8.49. The number of aromatic nitrogens is 1. The van der Waals surface area contributed by atoms with Crippen molar-refractivity contribution in [3.63, 3.8) is 0 Å².